The van der Waals surface area contributed by atoms with Crippen molar-refractivity contribution < 1.29 is 4.74 Å². The van der Waals surface area contributed by atoms with Gasteiger partial charge in [0.05, 0.1) is 7.11 Å². The molecular formula is C16H26N2O. The molecule has 0 amide bonds. The topological polar surface area (TPSA) is 47.3 Å². The van der Waals surface area contributed by atoms with Crippen molar-refractivity contribution in [2.24, 2.45) is 5.73 Å². The van der Waals surface area contributed by atoms with Crippen LogP contribution in [0.4, 0.5) is 0 Å². The van der Waals surface area contributed by atoms with E-state index in [9.17, 15) is 0 Å². The number of hydrogen-bond acceptors (Lipinski definition) is 3. The maximum absolute atomic E-state index is 6.07. The van der Waals surface area contributed by atoms with Crippen LogP contribution in [-0.2, 0) is 6.42 Å². The molecule has 3 heteroatoms. The summed E-state index contributed by atoms with van der Waals surface area (Å²) in [6.45, 7) is 5.22. The van der Waals surface area contributed by atoms with Gasteiger partial charge in [0.1, 0.15) is 5.75 Å². The Morgan fingerprint density at radius 3 is 2.47 bits per heavy atom. The fourth-order valence-corrected chi connectivity index (χ4v) is 3.15. The predicted molar refractivity (Wildman–Crippen MR) is 79.8 cm³/mol. The van der Waals surface area contributed by atoms with Gasteiger partial charge in [-0.3, -0.25) is 0 Å². The van der Waals surface area contributed by atoms with Gasteiger partial charge < -0.3 is 15.8 Å². The van der Waals surface area contributed by atoms with Crippen molar-refractivity contribution >= 4 is 0 Å². The molecule has 1 fully saturated rings. The fraction of sp³-hybridized carbons (Fsp3) is 0.625. The highest BCUT2D eigenvalue weighted by molar-refractivity contribution is 5.43. The number of aryl methyl sites for hydroxylation is 2. The van der Waals surface area contributed by atoms with E-state index in [-0.39, 0.29) is 0 Å². The van der Waals surface area contributed by atoms with Gasteiger partial charge in [-0.1, -0.05) is 18.6 Å². The molecule has 2 unspecified atom stereocenters. The third kappa shape index (κ3) is 3.48. The Balaban J connectivity index is 1.89. The summed E-state index contributed by atoms with van der Waals surface area (Å²) in [6, 6.07) is 5.31. The highest BCUT2D eigenvalue weighted by atomic mass is 16.5. The van der Waals surface area contributed by atoms with Crippen LogP contribution >= 0.6 is 0 Å². The van der Waals surface area contributed by atoms with Gasteiger partial charge in [0.25, 0.3) is 0 Å². The molecule has 19 heavy (non-hydrogen) atoms. The Morgan fingerprint density at radius 1 is 1.26 bits per heavy atom. The lowest BCUT2D eigenvalue weighted by atomic mass is 10.0. The van der Waals surface area contributed by atoms with Crippen molar-refractivity contribution in [3.8, 4) is 5.75 Å². The highest BCUT2D eigenvalue weighted by Crippen LogP contribution is 2.24. The molecule has 2 rings (SSSR count). The van der Waals surface area contributed by atoms with Gasteiger partial charge in [0.2, 0.25) is 0 Å². The summed E-state index contributed by atoms with van der Waals surface area (Å²) in [6.07, 6.45) is 4.70. The smallest absolute Gasteiger partial charge is 0.124 e. The first-order valence-electron chi connectivity index (χ1n) is 7.25. The molecule has 0 bridgehead atoms. The van der Waals surface area contributed by atoms with Crippen LogP contribution in [0.5, 0.6) is 5.75 Å². The van der Waals surface area contributed by atoms with Gasteiger partial charge in [-0.15, -0.1) is 0 Å². The zero-order chi connectivity index (χ0) is 13.8. The van der Waals surface area contributed by atoms with Crippen LogP contribution in [0.1, 0.15) is 36.0 Å². The van der Waals surface area contributed by atoms with Gasteiger partial charge in [-0.2, -0.15) is 0 Å². The number of rotatable bonds is 5. The minimum Gasteiger partial charge on any atom is -0.496 e. The molecule has 1 aromatic carbocycles. The molecule has 0 aliphatic heterocycles. The maximum atomic E-state index is 6.07. The number of hydrogen-bond donors (Lipinski definition) is 2. The Bertz CT molecular complexity index is 408. The van der Waals surface area contributed by atoms with Crippen LogP contribution < -0.4 is 15.8 Å². The third-order valence-corrected chi connectivity index (χ3v) is 4.11. The van der Waals surface area contributed by atoms with E-state index in [1.807, 2.05) is 0 Å². The van der Waals surface area contributed by atoms with E-state index >= 15 is 0 Å². The number of nitrogens with one attached hydrogen (secondary N) is 1. The Kier molecular flexibility index (Phi) is 4.83. The van der Waals surface area contributed by atoms with Crippen molar-refractivity contribution in [3.63, 3.8) is 0 Å². The van der Waals surface area contributed by atoms with E-state index < -0.39 is 0 Å². The quantitative estimate of drug-likeness (QED) is 0.856. The first kappa shape index (κ1) is 14.4. The van der Waals surface area contributed by atoms with Gasteiger partial charge in [0, 0.05) is 12.1 Å². The molecule has 0 aromatic heterocycles. The molecule has 1 saturated carbocycles. The second kappa shape index (κ2) is 6.40. The summed E-state index contributed by atoms with van der Waals surface area (Å²) >= 11 is 0. The Hall–Kier alpha value is -1.06. The number of methoxy groups -OCH3 is 1. The van der Waals surface area contributed by atoms with Crippen molar-refractivity contribution in [2.45, 2.75) is 51.6 Å². The predicted octanol–water partition coefficient (Wildman–Crippen LogP) is 2.32. The summed E-state index contributed by atoms with van der Waals surface area (Å²) in [5.41, 5.74) is 9.87. The molecule has 3 N–H and O–H groups in total. The first-order chi connectivity index (χ1) is 9.11. The lowest BCUT2D eigenvalue weighted by Gasteiger charge is -2.17. The molecular weight excluding hydrogens is 236 g/mol. The van der Waals surface area contributed by atoms with E-state index in [1.165, 1.54) is 36.0 Å². The SMILES string of the molecule is COc1c(C)cc(CCNC2CCCC2N)cc1C. The molecule has 0 saturated heterocycles. The number of benzene rings is 1. The molecule has 1 aliphatic rings. The largest absolute Gasteiger partial charge is 0.496 e. The van der Waals surface area contributed by atoms with E-state index in [0.717, 1.165) is 18.7 Å². The van der Waals surface area contributed by atoms with Gasteiger partial charge in [0.15, 0.2) is 0 Å². The molecule has 2 atom stereocenters. The van der Waals surface area contributed by atoms with E-state index in [2.05, 4.69) is 31.3 Å². The minimum atomic E-state index is 0.347. The second-order valence-electron chi connectivity index (χ2n) is 5.67. The maximum Gasteiger partial charge on any atom is 0.124 e. The molecule has 0 heterocycles. The standard InChI is InChI=1S/C16H26N2O/c1-11-9-13(10-12(2)16(11)19-3)7-8-18-15-6-4-5-14(15)17/h9-10,14-15,18H,4-8,17H2,1-3H3. The molecule has 0 spiro atoms. The lowest BCUT2D eigenvalue weighted by molar-refractivity contribution is 0.408. The Morgan fingerprint density at radius 2 is 1.95 bits per heavy atom. The van der Waals surface area contributed by atoms with Crippen LogP contribution in [0.25, 0.3) is 0 Å². The van der Waals surface area contributed by atoms with Gasteiger partial charge >= 0.3 is 0 Å². The van der Waals surface area contributed by atoms with Crippen LogP contribution in [0.3, 0.4) is 0 Å². The number of ether oxygens (including phenoxy) is 1. The molecule has 1 aromatic rings. The fourth-order valence-electron chi connectivity index (χ4n) is 3.15. The normalized spacial score (nSPS) is 22.7. The van der Waals surface area contributed by atoms with Crippen LogP contribution in [0, 0.1) is 13.8 Å². The van der Waals surface area contributed by atoms with Crippen molar-refractivity contribution in [1.29, 1.82) is 0 Å². The van der Waals surface area contributed by atoms with Crippen molar-refractivity contribution in [1.82, 2.24) is 5.32 Å². The van der Waals surface area contributed by atoms with Crippen LogP contribution in [0.2, 0.25) is 0 Å². The summed E-state index contributed by atoms with van der Waals surface area (Å²) in [5.74, 6) is 1.01. The average Bonchev–Trinajstić information content (AvgIpc) is 2.75. The van der Waals surface area contributed by atoms with Gasteiger partial charge in [-0.25, -0.2) is 0 Å². The molecule has 0 radical (unpaired) electrons. The van der Waals surface area contributed by atoms with E-state index in [0.29, 0.717) is 12.1 Å². The third-order valence-electron chi connectivity index (χ3n) is 4.11. The highest BCUT2D eigenvalue weighted by Gasteiger charge is 2.22. The first-order valence-corrected chi connectivity index (χ1v) is 7.25. The lowest BCUT2D eigenvalue weighted by Crippen LogP contribution is -2.41. The van der Waals surface area contributed by atoms with Gasteiger partial charge in [-0.05, 0) is 56.3 Å². The average molecular weight is 262 g/mol. The zero-order valence-electron chi connectivity index (χ0n) is 12.3. The number of nitrogens with two attached hydrogens (primary N) is 1. The summed E-state index contributed by atoms with van der Waals surface area (Å²) in [5, 5.41) is 3.59. The zero-order valence-corrected chi connectivity index (χ0v) is 12.3. The van der Waals surface area contributed by atoms with Crippen molar-refractivity contribution in [3.05, 3.63) is 28.8 Å². The van der Waals surface area contributed by atoms with Crippen LogP contribution in [-0.4, -0.2) is 25.7 Å². The molecule has 1 aliphatic carbocycles. The molecule has 3 nitrogen and oxygen atoms in total. The second-order valence-corrected chi connectivity index (χ2v) is 5.67. The van der Waals surface area contributed by atoms with Crippen LogP contribution in [0.15, 0.2) is 12.1 Å². The summed E-state index contributed by atoms with van der Waals surface area (Å²) < 4.78 is 5.40. The van der Waals surface area contributed by atoms with Crippen molar-refractivity contribution in [2.75, 3.05) is 13.7 Å². The van der Waals surface area contributed by atoms with E-state index in [1.54, 1.807) is 7.11 Å². The molecule has 106 valence electrons. The summed E-state index contributed by atoms with van der Waals surface area (Å²) in [4.78, 5) is 0. The van der Waals surface area contributed by atoms with E-state index in [4.69, 9.17) is 10.5 Å². The Labute approximate surface area is 116 Å². The monoisotopic (exact) mass is 262 g/mol. The summed E-state index contributed by atoms with van der Waals surface area (Å²) in [7, 11) is 1.73. The minimum absolute atomic E-state index is 0.347.